The second-order valence-corrected chi connectivity index (χ2v) is 4.84. The number of rotatable bonds is 4. The third-order valence-electron chi connectivity index (χ3n) is 3.74. The standard InChI is InChI=1S/C18H12N2O2/c19-11-22-10-18-15-7-3-1-5-13(15)17(9-20-12-21)14-6-2-4-8-16(14)18/h1-8H,9-10H2. The quantitative estimate of drug-likeness (QED) is 0.317. The van der Waals surface area contributed by atoms with Crippen molar-refractivity contribution in [3.8, 4) is 6.26 Å². The van der Waals surface area contributed by atoms with Crippen LogP contribution in [0.2, 0.25) is 0 Å². The molecule has 0 spiro atoms. The molecule has 3 rings (SSSR count). The molecule has 3 aromatic carbocycles. The van der Waals surface area contributed by atoms with Crippen molar-refractivity contribution in [2.24, 2.45) is 4.99 Å². The summed E-state index contributed by atoms with van der Waals surface area (Å²) in [5, 5.41) is 12.7. The predicted molar refractivity (Wildman–Crippen MR) is 83.7 cm³/mol. The number of isocyanates is 1. The molecule has 0 saturated heterocycles. The van der Waals surface area contributed by atoms with Gasteiger partial charge in [-0.25, -0.2) is 9.79 Å². The molecule has 22 heavy (non-hydrogen) atoms. The number of ether oxygens (including phenoxy) is 1. The van der Waals surface area contributed by atoms with Crippen LogP contribution in [0.1, 0.15) is 11.1 Å². The summed E-state index contributed by atoms with van der Waals surface area (Å²) in [7, 11) is 0. The van der Waals surface area contributed by atoms with E-state index in [1.54, 1.807) is 12.3 Å². The lowest BCUT2D eigenvalue weighted by Gasteiger charge is -2.14. The lowest BCUT2D eigenvalue weighted by molar-refractivity contribution is 0.260. The maximum atomic E-state index is 10.5. The Morgan fingerprint density at radius 1 is 0.909 bits per heavy atom. The van der Waals surface area contributed by atoms with Crippen molar-refractivity contribution in [1.29, 1.82) is 5.26 Å². The highest BCUT2D eigenvalue weighted by Crippen LogP contribution is 2.33. The summed E-state index contributed by atoms with van der Waals surface area (Å²) in [5.41, 5.74) is 1.95. The number of hydrogen-bond donors (Lipinski definition) is 0. The third-order valence-corrected chi connectivity index (χ3v) is 3.74. The average Bonchev–Trinajstić information content (AvgIpc) is 2.58. The van der Waals surface area contributed by atoms with Crippen LogP contribution < -0.4 is 0 Å². The second-order valence-electron chi connectivity index (χ2n) is 4.84. The molecule has 0 unspecified atom stereocenters. The first-order valence-electron chi connectivity index (χ1n) is 6.82. The smallest absolute Gasteiger partial charge is 0.286 e. The molecule has 0 N–H and O–H groups in total. The predicted octanol–water partition coefficient (Wildman–Crippen LogP) is 3.83. The van der Waals surface area contributed by atoms with Crippen LogP contribution >= 0.6 is 0 Å². The van der Waals surface area contributed by atoms with Crippen LogP contribution in [-0.2, 0) is 22.7 Å². The Morgan fingerprint density at radius 2 is 1.41 bits per heavy atom. The molecule has 0 aliphatic carbocycles. The van der Waals surface area contributed by atoms with Crippen LogP contribution in [0.3, 0.4) is 0 Å². The summed E-state index contributed by atoms with van der Waals surface area (Å²) < 4.78 is 4.98. The number of aliphatic imine (C=N–C) groups is 1. The van der Waals surface area contributed by atoms with Crippen molar-refractivity contribution in [1.82, 2.24) is 0 Å². The van der Waals surface area contributed by atoms with E-state index in [-0.39, 0.29) is 13.2 Å². The molecular formula is C18H12N2O2. The van der Waals surface area contributed by atoms with Crippen molar-refractivity contribution in [2.45, 2.75) is 13.2 Å². The van der Waals surface area contributed by atoms with Gasteiger partial charge in [0.25, 0.3) is 6.26 Å². The molecule has 0 amide bonds. The minimum absolute atomic E-state index is 0.217. The molecule has 3 aromatic rings. The van der Waals surface area contributed by atoms with Crippen LogP contribution in [0, 0.1) is 11.5 Å². The Balaban J connectivity index is 2.42. The van der Waals surface area contributed by atoms with E-state index in [2.05, 4.69) is 4.99 Å². The van der Waals surface area contributed by atoms with E-state index < -0.39 is 0 Å². The Kier molecular flexibility index (Phi) is 3.82. The summed E-state index contributed by atoms with van der Waals surface area (Å²) in [6.07, 6.45) is 3.33. The van der Waals surface area contributed by atoms with Gasteiger partial charge < -0.3 is 4.74 Å². The van der Waals surface area contributed by atoms with Crippen LogP contribution in [0.4, 0.5) is 0 Å². The molecular weight excluding hydrogens is 276 g/mol. The molecule has 0 heterocycles. The number of hydrogen-bond acceptors (Lipinski definition) is 4. The average molecular weight is 288 g/mol. The maximum Gasteiger partial charge on any atom is 0.286 e. The number of fused-ring (bicyclic) bond motifs is 2. The van der Waals surface area contributed by atoms with Crippen LogP contribution in [0.25, 0.3) is 21.5 Å². The molecule has 4 nitrogen and oxygen atoms in total. The molecule has 0 saturated carbocycles. The second kappa shape index (κ2) is 6.09. The minimum Gasteiger partial charge on any atom is -0.423 e. The van der Waals surface area contributed by atoms with Gasteiger partial charge >= 0.3 is 0 Å². The van der Waals surface area contributed by atoms with Gasteiger partial charge in [-0.2, -0.15) is 5.26 Å². The van der Waals surface area contributed by atoms with E-state index in [0.29, 0.717) is 0 Å². The first-order valence-corrected chi connectivity index (χ1v) is 6.82. The van der Waals surface area contributed by atoms with Crippen molar-refractivity contribution in [2.75, 3.05) is 0 Å². The normalized spacial score (nSPS) is 10.1. The Labute approximate surface area is 127 Å². The van der Waals surface area contributed by atoms with Gasteiger partial charge in [0.05, 0.1) is 6.54 Å². The molecule has 0 radical (unpaired) electrons. The molecule has 0 fully saturated rings. The van der Waals surface area contributed by atoms with E-state index in [1.807, 2.05) is 48.5 Å². The summed E-state index contributed by atoms with van der Waals surface area (Å²) >= 11 is 0. The van der Waals surface area contributed by atoms with Crippen LogP contribution in [-0.4, -0.2) is 6.08 Å². The lowest BCUT2D eigenvalue weighted by Crippen LogP contribution is -1.96. The fourth-order valence-electron chi connectivity index (χ4n) is 2.85. The molecule has 0 bridgehead atoms. The summed E-state index contributed by atoms with van der Waals surface area (Å²) in [6.45, 7) is 0.499. The highest BCUT2D eigenvalue weighted by atomic mass is 16.5. The van der Waals surface area contributed by atoms with Gasteiger partial charge in [-0.3, -0.25) is 0 Å². The first kappa shape index (κ1) is 13.8. The number of benzene rings is 3. The zero-order valence-corrected chi connectivity index (χ0v) is 11.7. The van der Waals surface area contributed by atoms with Gasteiger partial charge in [0.2, 0.25) is 6.08 Å². The van der Waals surface area contributed by atoms with Crippen molar-refractivity contribution in [3.05, 3.63) is 59.7 Å². The van der Waals surface area contributed by atoms with Crippen molar-refractivity contribution in [3.63, 3.8) is 0 Å². The molecule has 4 heteroatoms. The topological polar surface area (TPSA) is 62.4 Å². The lowest BCUT2D eigenvalue weighted by atomic mass is 9.92. The number of nitrogens with zero attached hydrogens (tertiary/aromatic N) is 2. The van der Waals surface area contributed by atoms with Crippen molar-refractivity contribution < 1.29 is 9.53 Å². The molecule has 0 aromatic heterocycles. The van der Waals surface area contributed by atoms with Gasteiger partial charge in [-0.15, -0.1) is 0 Å². The monoisotopic (exact) mass is 288 g/mol. The molecule has 0 aliphatic rings. The maximum absolute atomic E-state index is 10.5. The van der Waals surface area contributed by atoms with E-state index in [4.69, 9.17) is 10.00 Å². The van der Waals surface area contributed by atoms with Gasteiger partial charge in [0.1, 0.15) is 6.61 Å². The van der Waals surface area contributed by atoms with Crippen LogP contribution in [0.15, 0.2) is 53.5 Å². The summed E-state index contributed by atoms with van der Waals surface area (Å²) in [4.78, 5) is 14.3. The van der Waals surface area contributed by atoms with E-state index in [9.17, 15) is 4.79 Å². The van der Waals surface area contributed by atoms with E-state index >= 15 is 0 Å². The van der Waals surface area contributed by atoms with Gasteiger partial charge in [-0.1, -0.05) is 48.5 Å². The van der Waals surface area contributed by atoms with Gasteiger partial charge in [0.15, 0.2) is 0 Å². The Bertz CT molecular complexity index is 878. The molecule has 0 aliphatic heterocycles. The zero-order valence-electron chi connectivity index (χ0n) is 11.7. The van der Waals surface area contributed by atoms with E-state index in [0.717, 1.165) is 32.7 Å². The fraction of sp³-hybridized carbons (Fsp3) is 0.111. The van der Waals surface area contributed by atoms with Crippen molar-refractivity contribution >= 4 is 27.6 Å². The fourth-order valence-corrected chi connectivity index (χ4v) is 2.85. The minimum atomic E-state index is 0.217. The molecule has 0 atom stereocenters. The van der Waals surface area contributed by atoms with E-state index in [1.165, 1.54) is 0 Å². The zero-order chi connectivity index (χ0) is 15.4. The summed E-state index contributed by atoms with van der Waals surface area (Å²) in [6, 6.07) is 15.7. The Morgan fingerprint density at radius 3 is 1.86 bits per heavy atom. The summed E-state index contributed by atoms with van der Waals surface area (Å²) in [5.74, 6) is 0. The number of nitriles is 1. The first-order chi connectivity index (χ1) is 10.9. The highest BCUT2D eigenvalue weighted by molar-refractivity contribution is 6.05. The molecule has 106 valence electrons. The largest absolute Gasteiger partial charge is 0.423 e. The van der Waals surface area contributed by atoms with Crippen LogP contribution in [0.5, 0.6) is 0 Å². The third kappa shape index (κ3) is 2.31. The van der Waals surface area contributed by atoms with Gasteiger partial charge in [0, 0.05) is 5.56 Å². The number of carbonyl (C=O) groups excluding carboxylic acids is 1. The Hall–Kier alpha value is -3.15. The highest BCUT2D eigenvalue weighted by Gasteiger charge is 2.13. The van der Waals surface area contributed by atoms with Gasteiger partial charge in [-0.05, 0) is 27.1 Å². The SMILES string of the molecule is N#COCc1c2ccccc2c(CN=C=O)c2ccccc12.